The summed E-state index contributed by atoms with van der Waals surface area (Å²) in [4.78, 5) is 14.1. The minimum atomic E-state index is -0.466. The number of aromatic nitrogens is 3. The fourth-order valence-corrected chi connectivity index (χ4v) is 1.78. The number of hydrogen-bond donors (Lipinski definition) is 2. The molecule has 19 heavy (non-hydrogen) atoms. The lowest BCUT2D eigenvalue weighted by Gasteiger charge is -2.12. The highest BCUT2D eigenvalue weighted by molar-refractivity contribution is 5.40. The van der Waals surface area contributed by atoms with Crippen LogP contribution in [0.1, 0.15) is 18.3 Å². The van der Waals surface area contributed by atoms with Crippen molar-refractivity contribution < 1.29 is 4.92 Å². The molecule has 0 amide bonds. The Hall–Kier alpha value is -2.44. The summed E-state index contributed by atoms with van der Waals surface area (Å²) in [6.45, 7) is 3.96. The second-order valence-corrected chi connectivity index (χ2v) is 4.45. The van der Waals surface area contributed by atoms with Crippen molar-refractivity contribution in [2.75, 3.05) is 5.32 Å². The van der Waals surface area contributed by atoms with Crippen LogP contribution in [0.4, 0.5) is 11.5 Å². The number of aryl methyl sites for hydroxylation is 1. The molecule has 2 aromatic rings. The molecule has 2 N–H and O–H groups in total. The Labute approximate surface area is 110 Å². The van der Waals surface area contributed by atoms with Crippen LogP contribution in [0.5, 0.6) is 0 Å². The van der Waals surface area contributed by atoms with Gasteiger partial charge in [0.1, 0.15) is 12.0 Å². The van der Waals surface area contributed by atoms with Gasteiger partial charge in [0, 0.05) is 24.2 Å². The molecule has 0 fully saturated rings. The predicted molar refractivity (Wildman–Crippen MR) is 71.0 cm³/mol. The lowest BCUT2D eigenvalue weighted by atomic mass is 10.2. The normalized spacial score (nSPS) is 12.1. The van der Waals surface area contributed by atoms with Gasteiger partial charge in [-0.25, -0.2) is 4.98 Å². The van der Waals surface area contributed by atoms with Gasteiger partial charge in [0.15, 0.2) is 0 Å². The summed E-state index contributed by atoms with van der Waals surface area (Å²) >= 11 is 0. The van der Waals surface area contributed by atoms with Gasteiger partial charge in [-0.1, -0.05) is 0 Å². The van der Waals surface area contributed by atoms with Crippen molar-refractivity contribution in [2.24, 2.45) is 0 Å². The molecule has 7 heteroatoms. The Morgan fingerprint density at radius 2 is 2.32 bits per heavy atom. The Bertz CT molecular complexity index is 564. The van der Waals surface area contributed by atoms with E-state index in [0.717, 1.165) is 17.8 Å². The van der Waals surface area contributed by atoms with Crippen molar-refractivity contribution in [3.05, 3.63) is 45.9 Å². The van der Waals surface area contributed by atoms with Gasteiger partial charge in [-0.2, -0.15) is 5.10 Å². The van der Waals surface area contributed by atoms with E-state index in [9.17, 15) is 10.1 Å². The molecule has 0 saturated heterocycles. The Morgan fingerprint density at radius 1 is 1.53 bits per heavy atom. The lowest BCUT2D eigenvalue weighted by molar-refractivity contribution is -0.385. The topological polar surface area (TPSA) is 96.7 Å². The minimum Gasteiger partial charge on any atom is -0.367 e. The van der Waals surface area contributed by atoms with E-state index in [1.807, 2.05) is 19.9 Å². The average Bonchev–Trinajstić information content (AvgIpc) is 2.75. The minimum absolute atomic E-state index is 0.0128. The SMILES string of the molecule is Cc1cc(CC(C)Nc2ccc([N+](=O)[O-])cn2)n[nH]1. The van der Waals surface area contributed by atoms with Crippen LogP contribution in [0.25, 0.3) is 0 Å². The van der Waals surface area contributed by atoms with Gasteiger partial charge >= 0.3 is 0 Å². The number of nitrogens with zero attached hydrogens (tertiary/aromatic N) is 3. The lowest BCUT2D eigenvalue weighted by Crippen LogP contribution is -2.19. The number of pyridine rings is 1. The quantitative estimate of drug-likeness (QED) is 0.634. The maximum absolute atomic E-state index is 10.5. The molecule has 1 atom stereocenters. The second-order valence-electron chi connectivity index (χ2n) is 4.45. The van der Waals surface area contributed by atoms with Crippen molar-refractivity contribution >= 4 is 11.5 Å². The molecule has 0 aliphatic carbocycles. The fraction of sp³-hybridized carbons (Fsp3) is 0.333. The summed E-state index contributed by atoms with van der Waals surface area (Å²) in [6, 6.07) is 5.16. The molecule has 2 aromatic heterocycles. The molecule has 0 aliphatic heterocycles. The number of aromatic amines is 1. The van der Waals surface area contributed by atoms with Crippen LogP contribution in [-0.2, 0) is 6.42 Å². The van der Waals surface area contributed by atoms with Crippen LogP contribution in [0.3, 0.4) is 0 Å². The van der Waals surface area contributed by atoms with Crippen LogP contribution in [0, 0.1) is 17.0 Å². The first-order chi connectivity index (χ1) is 9.04. The van der Waals surface area contributed by atoms with Crippen molar-refractivity contribution in [3.63, 3.8) is 0 Å². The molecule has 0 radical (unpaired) electrons. The van der Waals surface area contributed by atoms with Crippen molar-refractivity contribution in [2.45, 2.75) is 26.3 Å². The number of anilines is 1. The maximum atomic E-state index is 10.5. The summed E-state index contributed by atoms with van der Waals surface area (Å²) < 4.78 is 0. The van der Waals surface area contributed by atoms with Crippen LogP contribution < -0.4 is 5.32 Å². The second kappa shape index (κ2) is 5.47. The molecule has 1 unspecified atom stereocenters. The first-order valence-corrected chi connectivity index (χ1v) is 5.92. The monoisotopic (exact) mass is 261 g/mol. The summed E-state index contributed by atoms with van der Waals surface area (Å²) in [7, 11) is 0. The molecule has 0 aliphatic rings. The smallest absolute Gasteiger partial charge is 0.287 e. The molecule has 0 spiro atoms. The number of hydrogen-bond acceptors (Lipinski definition) is 5. The summed E-state index contributed by atoms with van der Waals surface area (Å²) in [5.74, 6) is 0.616. The first-order valence-electron chi connectivity index (χ1n) is 5.92. The first kappa shape index (κ1) is 13.0. The van der Waals surface area contributed by atoms with E-state index in [2.05, 4.69) is 20.5 Å². The van der Waals surface area contributed by atoms with E-state index in [-0.39, 0.29) is 11.7 Å². The molecular formula is C12H15N5O2. The van der Waals surface area contributed by atoms with Crippen LogP contribution in [0.2, 0.25) is 0 Å². The van der Waals surface area contributed by atoms with Gasteiger partial charge in [0.05, 0.1) is 10.6 Å². The van der Waals surface area contributed by atoms with E-state index in [4.69, 9.17) is 0 Å². The highest BCUT2D eigenvalue weighted by Crippen LogP contribution is 2.13. The molecule has 2 heterocycles. The number of rotatable bonds is 5. The van der Waals surface area contributed by atoms with Gasteiger partial charge < -0.3 is 5.32 Å². The van der Waals surface area contributed by atoms with E-state index in [1.54, 1.807) is 6.07 Å². The highest BCUT2D eigenvalue weighted by atomic mass is 16.6. The van der Waals surface area contributed by atoms with Crippen LogP contribution >= 0.6 is 0 Å². The third kappa shape index (κ3) is 3.51. The van der Waals surface area contributed by atoms with E-state index < -0.39 is 4.92 Å². The van der Waals surface area contributed by atoms with Crippen molar-refractivity contribution in [1.82, 2.24) is 15.2 Å². The van der Waals surface area contributed by atoms with Gasteiger partial charge in [-0.15, -0.1) is 0 Å². The van der Waals surface area contributed by atoms with Gasteiger partial charge in [-0.3, -0.25) is 15.2 Å². The van der Waals surface area contributed by atoms with Gasteiger partial charge in [-0.05, 0) is 26.0 Å². The summed E-state index contributed by atoms with van der Waals surface area (Å²) in [5, 5.41) is 20.7. The number of nitro groups is 1. The average molecular weight is 261 g/mol. The van der Waals surface area contributed by atoms with E-state index in [1.165, 1.54) is 12.3 Å². The molecular weight excluding hydrogens is 246 g/mol. The largest absolute Gasteiger partial charge is 0.367 e. The summed E-state index contributed by atoms with van der Waals surface area (Å²) in [6.07, 6.45) is 2.00. The molecule has 0 aromatic carbocycles. The zero-order valence-corrected chi connectivity index (χ0v) is 10.8. The van der Waals surface area contributed by atoms with Crippen LogP contribution in [0.15, 0.2) is 24.4 Å². The third-order valence-corrected chi connectivity index (χ3v) is 2.63. The van der Waals surface area contributed by atoms with Crippen molar-refractivity contribution in [3.8, 4) is 0 Å². The molecule has 0 saturated carbocycles. The number of nitrogens with one attached hydrogen (secondary N) is 2. The molecule has 7 nitrogen and oxygen atoms in total. The molecule has 0 bridgehead atoms. The Balaban J connectivity index is 1.94. The van der Waals surface area contributed by atoms with Crippen molar-refractivity contribution in [1.29, 1.82) is 0 Å². The number of H-pyrrole nitrogens is 1. The zero-order chi connectivity index (χ0) is 13.8. The Kier molecular flexibility index (Phi) is 3.74. The standard InChI is InChI=1S/C12H15N5O2/c1-8(5-10-6-9(2)15-16-10)14-12-4-3-11(7-13-12)17(18)19/h3-4,6-8H,5H2,1-2H3,(H,13,14)(H,15,16). The zero-order valence-electron chi connectivity index (χ0n) is 10.8. The van der Waals surface area contributed by atoms with Gasteiger partial charge in [0.2, 0.25) is 0 Å². The van der Waals surface area contributed by atoms with Crippen LogP contribution in [-0.4, -0.2) is 26.1 Å². The van der Waals surface area contributed by atoms with Gasteiger partial charge in [0.25, 0.3) is 5.69 Å². The molecule has 100 valence electrons. The fourth-order valence-electron chi connectivity index (χ4n) is 1.78. The van der Waals surface area contributed by atoms with E-state index in [0.29, 0.717) is 5.82 Å². The maximum Gasteiger partial charge on any atom is 0.287 e. The summed E-state index contributed by atoms with van der Waals surface area (Å²) in [5.41, 5.74) is 1.98. The Morgan fingerprint density at radius 3 is 2.84 bits per heavy atom. The predicted octanol–water partition coefficient (Wildman–Crippen LogP) is 2.06. The van der Waals surface area contributed by atoms with E-state index >= 15 is 0 Å². The third-order valence-electron chi connectivity index (χ3n) is 2.63. The molecule has 2 rings (SSSR count). The highest BCUT2D eigenvalue weighted by Gasteiger charge is 2.09.